The van der Waals surface area contributed by atoms with Crippen molar-refractivity contribution < 1.29 is 8.76 Å². The Balaban J connectivity index is 1.54. The molecule has 0 aliphatic carbocycles. The summed E-state index contributed by atoms with van der Waals surface area (Å²) < 4.78 is 29.1. The molecule has 25 heavy (non-hydrogen) atoms. The van der Waals surface area contributed by atoms with Crippen molar-refractivity contribution in [1.82, 2.24) is 24.1 Å². The molecule has 0 amide bonds. The van der Waals surface area contributed by atoms with Crippen molar-refractivity contribution in [2.75, 3.05) is 31.1 Å². The smallest absolute Gasteiger partial charge is 0.229 e. The van der Waals surface area contributed by atoms with E-state index >= 15 is 0 Å². The molecule has 0 spiro atoms. The van der Waals surface area contributed by atoms with E-state index in [1.54, 1.807) is 26.3 Å². The van der Waals surface area contributed by atoms with Gasteiger partial charge in [-0.25, -0.2) is 0 Å². The summed E-state index contributed by atoms with van der Waals surface area (Å²) in [6.07, 6.45) is 0.755. The molecule has 0 aromatic carbocycles. The molecule has 1 saturated heterocycles. The first-order valence-electron chi connectivity index (χ1n) is 8.03. The molecule has 0 radical (unpaired) electrons. The standard InChI is InChI=1S/C15H18N6O2S2/c1-12-16-17-13-5-6-14(18-21(12)13)19-7-3-8-20(10-9-19)25(22,23)15-4-2-11-24-15/h2,4-6,11H,3,7-10H2,1H3. The second kappa shape index (κ2) is 6.45. The molecule has 1 fully saturated rings. The first-order chi connectivity index (χ1) is 12.1. The van der Waals surface area contributed by atoms with E-state index in [0.717, 1.165) is 24.6 Å². The first-order valence-corrected chi connectivity index (χ1v) is 10.4. The molecular formula is C15H18N6O2S2. The van der Waals surface area contributed by atoms with Gasteiger partial charge in [0.05, 0.1) is 6.54 Å². The Morgan fingerprint density at radius 2 is 2.04 bits per heavy atom. The minimum atomic E-state index is -3.40. The molecule has 3 aromatic heterocycles. The van der Waals surface area contributed by atoms with E-state index in [9.17, 15) is 8.76 Å². The number of thiophene rings is 1. The number of hydrogen-bond donors (Lipinski definition) is 0. The molecule has 1 atom stereocenters. The summed E-state index contributed by atoms with van der Waals surface area (Å²) in [5, 5.41) is 14.4. The van der Waals surface area contributed by atoms with E-state index in [0.29, 0.717) is 29.5 Å². The first kappa shape index (κ1) is 16.6. The predicted octanol–water partition coefficient (Wildman–Crippen LogP) is 1.61. The maximum Gasteiger partial charge on any atom is 0.229 e. The molecule has 0 bridgehead atoms. The summed E-state index contributed by atoms with van der Waals surface area (Å²) in [4.78, 5) is 2.11. The van der Waals surface area contributed by atoms with E-state index in [4.69, 9.17) is 0 Å². The van der Waals surface area contributed by atoms with Gasteiger partial charge >= 0.3 is 0 Å². The number of rotatable bonds is 3. The van der Waals surface area contributed by atoms with Crippen LogP contribution in [0.25, 0.3) is 5.65 Å². The van der Waals surface area contributed by atoms with Crippen LogP contribution in [0.15, 0.2) is 33.9 Å². The number of fused-ring (bicyclic) bond motifs is 1. The van der Waals surface area contributed by atoms with Gasteiger partial charge in [-0.05, 0) is 36.9 Å². The Labute approximate surface area is 150 Å². The van der Waals surface area contributed by atoms with Crippen molar-refractivity contribution in [3.63, 3.8) is 0 Å². The van der Waals surface area contributed by atoms with Gasteiger partial charge in [-0.3, -0.25) is 0 Å². The molecular weight excluding hydrogens is 360 g/mol. The van der Waals surface area contributed by atoms with Crippen LogP contribution in [0.4, 0.5) is 5.82 Å². The van der Waals surface area contributed by atoms with Gasteiger partial charge in [-0.1, -0.05) is 15.5 Å². The van der Waals surface area contributed by atoms with Crippen LogP contribution in [0.5, 0.6) is 0 Å². The number of anilines is 1. The van der Waals surface area contributed by atoms with E-state index in [1.807, 2.05) is 19.1 Å². The van der Waals surface area contributed by atoms with Crippen molar-refractivity contribution in [3.8, 4) is 0 Å². The predicted molar refractivity (Wildman–Crippen MR) is 95.3 cm³/mol. The second-order valence-corrected chi connectivity index (χ2v) is 9.00. The third kappa shape index (κ3) is 3.06. The van der Waals surface area contributed by atoms with E-state index in [-0.39, 0.29) is 0 Å². The Morgan fingerprint density at radius 3 is 2.84 bits per heavy atom. The molecule has 8 nitrogen and oxygen atoms in total. The van der Waals surface area contributed by atoms with Crippen LogP contribution in [0, 0.1) is 6.92 Å². The Morgan fingerprint density at radius 1 is 1.16 bits per heavy atom. The fraction of sp³-hybridized carbons (Fsp3) is 0.400. The number of sulfonamides is 1. The molecule has 1 aliphatic rings. The number of aromatic nitrogens is 4. The molecule has 132 valence electrons. The van der Waals surface area contributed by atoms with Gasteiger partial charge in [-0.2, -0.15) is 4.52 Å². The van der Waals surface area contributed by atoms with Crippen LogP contribution in [0.1, 0.15) is 12.2 Å². The van der Waals surface area contributed by atoms with Crippen LogP contribution < -0.4 is 4.90 Å². The van der Waals surface area contributed by atoms with Gasteiger partial charge in [0.15, 0.2) is 21.9 Å². The zero-order valence-corrected chi connectivity index (χ0v) is 15.4. The lowest BCUT2D eigenvalue weighted by Crippen LogP contribution is -2.39. The van der Waals surface area contributed by atoms with Crippen LogP contribution in [-0.4, -0.2) is 54.8 Å². The van der Waals surface area contributed by atoms with Crippen LogP contribution in [0.3, 0.4) is 0 Å². The van der Waals surface area contributed by atoms with Crippen molar-refractivity contribution in [2.24, 2.45) is 0 Å². The molecule has 1 unspecified atom stereocenters. The summed E-state index contributed by atoms with van der Waals surface area (Å²) in [5.41, 5.74) is 0.706. The van der Waals surface area contributed by atoms with E-state index in [1.165, 1.54) is 11.3 Å². The molecule has 10 heteroatoms. The SMILES string of the molecule is Cc1nnc2ccc(N3CCCN([S+](=O)([O-])c4cccs4)CC3)nn12. The highest BCUT2D eigenvalue weighted by atomic mass is 32.3. The summed E-state index contributed by atoms with van der Waals surface area (Å²) in [6.45, 7) is 4.18. The highest BCUT2D eigenvalue weighted by Gasteiger charge is 2.33. The van der Waals surface area contributed by atoms with Crippen molar-refractivity contribution in [1.29, 1.82) is 0 Å². The Bertz CT molecular complexity index is 925. The monoisotopic (exact) mass is 378 g/mol. The fourth-order valence-electron chi connectivity index (χ4n) is 2.96. The Kier molecular flexibility index (Phi) is 4.28. The zero-order valence-electron chi connectivity index (χ0n) is 13.7. The second-order valence-electron chi connectivity index (χ2n) is 5.89. The number of hydrogen-bond acceptors (Lipinski definition) is 7. The number of aryl methyl sites for hydroxylation is 1. The van der Waals surface area contributed by atoms with Crippen molar-refractivity contribution >= 4 is 33.2 Å². The highest BCUT2D eigenvalue weighted by molar-refractivity contribution is 7.97. The number of nitrogens with zero attached hydrogens (tertiary/aromatic N) is 6. The summed E-state index contributed by atoms with van der Waals surface area (Å²) in [6, 6.07) is 7.22. The van der Waals surface area contributed by atoms with Gasteiger partial charge in [0.2, 0.25) is 4.21 Å². The van der Waals surface area contributed by atoms with Gasteiger partial charge in [-0.15, -0.1) is 19.6 Å². The largest absolute Gasteiger partial charge is 0.592 e. The summed E-state index contributed by atoms with van der Waals surface area (Å²) >= 11 is 1.26. The van der Waals surface area contributed by atoms with Crippen LogP contribution in [0.2, 0.25) is 0 Å². The van der Waals surface area contributed by atoms with E-state index in [2.05, 4.69) is 20.2 Å². The summed E-state index contributed by atoms with van der Waals surface area (Å²) in [5.74, 6) is 1.54. The molecule has 1 aliphatic heterocycles. The van der Waals surface area contributed by atoms with Crippen molar-refractivity contribution in [3.05, 3.63) is 35.5 Å². The van der Waals surface area contributed by atoms with Gasteiger partial charge in [0, 0.05) is 25.7 Å². The van der Waals surface area contributed by atoms with Gasteiger partial charge < -0.3 is 9.45 Å². The van der Waals surface area contributed by atoms with Gasteiger partial charge in [0.1, 0.15) is 5.82 Å². The highest BCUT2D eigenvalue weighted by Crippen LogP contribution is 2.27. The third-order valence-corrected chi connectivity index (χ3v) is 7.54. The quantitative estimate of drug-likeness (QED) is 0.643. The molecule has 0 saturated carbocycles. The van der Waals surface area contributed by atoms with Gasteiger partial charge in [0.25, 0.3) is 0 Å². The lowest BCUT2D eigenvalue weighted by Gasteiger charge is -2.25. The van der Waals surface area contributed by atoms with Crippen molar-refractivity contribution in [2.45, 2.75) is 17.6 Å². The average Bonchev–Trinajstić information content (AvgIpc) is 3.20. The maximum absolute atomic E-state index is 12.7. The minimum Gasteiger partial charge on any atom is -0.592 e. The van der Waals surface area contributed by atoms with Crippen LogP contribution in [-0.2, 0) is 14.6 Å². The average molecular weight is 378 g/mol. The normalized spacial score (nSPS) is 19.0. The Hall–Kier alpha value is -1.88. The topological polar surface area (TPSA) is 89.7 Å². The fourth-order valence-corrected chi connectivity index (χ4v) is 5.57. The summed E-state index contributed by atoms with van der Waals surface area (Å²) in [7, 11) is -3.40. The van der Waals surface area contributed by atoms with Crippen LogP contribution >= 0.6 is 11.3 Å². The molecule has 0 N–H and O–H groups in total. The lowest BCUT2D eigenvalue weighted by molar-refractivity contribution is 0.369. The molecule has 4 rings (SSSR count). The third-order valence-electron chi connectivity index (χ3n) is 4.27. The molecule has 4 heterocycles. The minimum absolute atomic E-state index is 0.403. The molecule has 3 aromatic rings. The zero-order chi connectivity index (χ0) is 17.4. The van der Waals surface area contributed by atoms with E-state index < -0.39 is 10.4 Å². The maximum atomic E-state index is 12.7. The lowest BCUT2D eigenvalue weighted by atomic mass is 10.4.